The number of aliphatic hydroxyl groups is 1. The molecule has 0 aliphatic carbocycles. The average Bonchev–Trinajstić information content (AvgIpc) is 2.96. The minimum atomic E-state index is -1.01. The summed E-state index contributed by atoms with van der Waals surface area (Å²) in [6.07, 6.45) is 2.14. The summed E-state index contributed by atoms with van der Waals surface area (Å²) < 4.78 is 5.70. The van der Waals surface area contributed by atoms with Crippen LogP contribution in [0.4, 0.5) is 0 Å². The topological polar surface area (TPSA) is 62.7 Å². The second kappa shape index (κ2) is 6.61. The van der Waals surface area contributed by atoms with Crippen LogP contribution in [0.25, 0.3) is 0 Å². The van der Waals surface area contributed by atoms with E-state index in [4.69, 9.17) is 4.74 Å². The van der Waals surface area contributed by atoms with Crippen LogP contribution in [0.15, 0.2) is 42.6 Å². The Balaban J connectivity index is 1.61. The van der Waals surface area contributed by atoms with E-state index in [1.165, 1.54) is 0 Å². The molecule has 0 saturated carbocycles. The maximum atomic E-state index is 12.5. The predicted molar refractivity (Wildman–Crippen MR) is 91.1 cm³/mol. The third-order valence-corrected chi connectivity index (χ3v) is 4.29. The Labute approximate surface area is 141 Å². The third kappa shape index (κ3) is 3.74. The molecule has 1 aromatic heterocycles. The number of carbonyl (C=O) groups excluding carboxylic acids is 1. The molecule has 1 aromatic carbocycles. The summed E-state index contributed by atoms with van der Waals surface area (Å²) in [5.74, 6) is 0.648. The summed E-state index contributed by atoms with van der Waals surface area (Å²) in [5, 5.41) is 10.7. The van der Waals surface area contributed by atoms with Crippen molar-refractivity contribution in [2.24, 2.45) is 0 Å². The molecule has 24 heavy (non-hydrogen) atoms. The SMILES string of the molecule is Cc1ccc(OCC2(O)CCN(C(=O)c3ccnc(C)c3)C2)cc1. The van der Waals surface area contributed by atoms with Gasteiger partial charge in [-0.15, -0.1) is 0 Å². The number of carbonyl (C=O) groups is 1. The Bertz CT molecular complexity index is 730. The number of aromatic nitrogens is 1. The fraction of sp³-hybridized carbons (Fsp3) is 0.368. The number of pyridine rings is 1. The van der Waals surface area contributed by atoms with Crippen molar-refractivity contribution < 1.29 is 14.6 Å². The Hall–Kier alpha value is -2.40. The van der Waals surface area contributed by atoms with Crippen LogP contribution in [0.5, 0.6) is 5.75 Å². The van der Waals surface area contributed by atoms with Crippen LogP contribution in [-0.4, -0.2) is 46.2 Å². The van der Waals surface area contributed by atoms with Crippen molar-refractivity contribution in [2.75, 3.05) is 19.7 Å². The number of aryl methyl sites for hydroxylation is 2. The van der Waals surface area contributed by atoms with E-state index in [0.29, 0.717) is 18.5 Å². The molecule has 1 aliphatic heterocycles. The summed E-state index contributed by atoms with van der Waals surface area (Å²) in [5.41, 5.74) is 1.55. The first-order valence-electron chi connectivity index (χ1n) is 8.09. The minimum absolute atomic E-state index is 0.0771. The summed E-state index contributed by atoms with van der Waals surface area (Å²) >= 11 is 0. The zero-order chi connectivity index (χ0) is 17.2. The van der Waals surface area contributed by atoms with E-state index in [9.17, 15) is 9.90 Å². The summed E-state index contributed by atoms with van der Waals surface area (Å²) in [7, 11) is 0. The van der Waals surface area contributed by atoms with Crippen LogP contribution in [0.2, 0.25) is 0 Å². The molecule has 1 fully saturated rings. The molecule has 1 saturated heterocycles. The van der Waals surface area contributed by atoms with E-state index in [-0.39, 0.29) is 19.1 Å². The lowest BCUT2D eigenvalue weighted by Crippen LogP contribution is -2.40. The number of likely N-dealkylation sites (tertiary alicyclic amines) is 1. The number of β-amino-alcohol motifs (C(OH)–C–C–N with tert-alkyl or cyclic N) is 1. The highest BCUT2D eigenvalue weighted by Gasteiger charge is 2.39. The highest BCUT2D eigenvalue weighted by Crippen LogP contribution is 2.24. The largest absolute Gasteiger partial charge is 0.491 e. The number of nitrogens with zero attached hydrogens (tertiary/aromatic N) is 2. The minimum Gasteiger partial charge on any atom is -0.491 e. The Morgan fingerprint density at radius 3 is 2.75 bits per heavy atom. The van der Waals surface area contributed by atoms with Gasteiger partial charge in [-0.3, -0.25) is 9.78 Å². The van der Waals surface area contributed by atoms with Crippen molar-refractivity contribution in [3.05, 3.63) is 59.4 Å². The van der Waals surface area contributed by atoms with Crippen LogP contribution in [0.1, 0.15) is 28.0 Å². The Morgan fingerprint density at radius 2 is 2.04 bits per heavy atom. The van der Waals surface area contributed by atoms with E-state index in [0.717, 1.165) is 17.0 Å². The molecule has 2 aromatic rings. The van der Waals surface area contributed by atoms with Gasteiger partial charge in [0.05, 0.1) is 6.54 Å². The van der Waals surface area contributed by atoms with Gasteiger partial charge in [0.2, 0.25) is 0 Å². The maximum absolute atomic E-state index is 12.5. The summed E-state index contributed by atoms with van der Waals surface area (Å²) in [6, 6.07) is 11.2. The van der Waals surface area contributed by atoms with Gasteiger partial charge in [0.15, 0.2) is 0 Å². The molecule has 1 N–H and O–H groups in total. The smallest absolute Gasteiger partial charge is 0.254 e. The van der Waals surface area contributed by atoms with E-state index in [1.54, 1.807) is 23.2 Å². The number of rotatable bonds is 4. The second-order valence-corrected chi connectivity index (χ2v) is 6.49. The molecule has 126 valence electrons. The Kier molecular flexibility index (Phi) is 4.53. The number of ether oxygens (including phenoxy) is 1. The van der Waals surface area contributed by atoms with Crippen molar-refractivity contribution in [2.45, 2.75) is 25.9 Å². The molecule has 0 radical (unpaired) electrons. The lowest BCUT2D eigenvalue weighted by molar-refractivity contribution is 0.00430. The molecule has 1 unspecified atom stereocenters. The molecular formula is C19H22N2O3. The monoisotopic (exact) mass is 326 g/mol. The van der Waals surface area contributed by atoms with Gasteiger partial charge in [-0.2, -0.15) is 0 Å². The van der Waals surface area contributed by atoms with Crippen molar-refractivity contribution in [3.8, 4) is 5.75 Å². The average molecular weight is 326 g/mol. The fourth-order valence-electron chi connectivity index (χ4n) is 2.86. The first kappa shape index (κ1) is 16.5. The fourth-order valence-corrected chi connectivity index (χ4v) is 2.86. The van der Waals surface area contributed by atoms with Gasteiger partial charge >= 0.3 is 0 Å². The zero-order valence-corrected chi connectivity index (χ0v) is 14.0. The van der Waals surface area contributed by atoms with Gasteiger partial charge in [-0.25, -0.2) is 0 Å². The first-order chi connectivity index (χ1) is 11.5. The molecular weight excluding hydrogens is 304 g/mol. The van der Waals surface area contributed by atoms with Crippen LogP contribution in [-0.2, 0) is 0 Å². The van der Waals surface area contributed by atoms with Crippen molar-refractivity contribution in [1.82, 2.24) is 9.88 Å². The number of amides is 1. The quantitative estimate of drug-likeness (QED) is 0.937. The van der Waals surface area contributed by atoms with Gasteiger partial charge < -0.3 is 14.7 Å². The molecule has 0 spiro atoms. The van der Waals surface area contributed by atoms with Crippen LogP contribution >= 0.6 is 0 Å². The van der Waals surface area contributed by atoms with Crippen LogP contribution in [0.3, 0.4) is 0 Å². The molecule has 1 atom stereocenters. The van der Waals surface area contributed by atoms with Crippen LogP contribution < -0.4 is 4.74 Å². The normalized spacial score (nSPS) is 20.2. The standard InChI is InChI=1S/C19H22N2O3/c1-14-3-5-17(6-4-14)24-13-19(23)8-10-21(12-19)18(22)16-7-9-20-15(2)11-16/h3-7,9,11,23H,8,10,12-13H2,1-2H3. The molecule has 1 aliphatic rings. The molecule has 3 rings (SSSR count). The molecule has 5 heteroatoms. The van der Waals surface area contributed by atoms with Gasteiger partial charge in [0.1, 0.15) is 18.0 Å². The number of hydrogen-bond acceptors (Lipinski definition) is 4. The Morgan fingerprint density at radius 1 is 1.29 bits per heavy atom. The number of hydrogen-bond donors (Lipinski definition) is 1. The molecule has 5 nitrogen and oxygen atoms in total. The zero-order valence-electron chi connectivity index (χ0n) is 14.0. The predicted octanol–water partition coefficient (Wildman–Crippen LogP) is 2.35. The maximum Gasteiger partial charge on any atom is 0.254 e. The van der Waals surface area contributed by atoms with Crippen LogP contribution in [0, 0.1) is 13.8 Å². The van der Waals surface area contributed by atoms with E-state index in [2.05, 4.69) is 4.98 Å². The highest BCUT2D eigenvalue weighted by atomic mass is 16.5. The van der Waals surface area contributed by atoms with Gasteiger partial charge in [-0.1, -0.05) is 17.7 Å². The van der Waals surface area contributed by atoms with Gasteiger partial charge in [-0.05, 0) is 44.5 Å². The molecule has 0 bridgehead atoms. The van der Waals surface area contributed by atoms with Crippen molar-refractivity contribution in [1.29, 1.82) is 0 Å². The van der Waals surface area contributed by atoms with E-state index in [1.807, 2.05) is 38.1 Å². The van der Waals surface area contributed by atoms with E-state index >= 15 is 0 Å². The molecule has 1 amide bonds. The summed E-state index contributed by atoms with van der Waals surface area (Å²) in [6.45, 7) is 4.84. The molecule has 2 heterocycles. The van der Waals surface area contributed by atoms with Crippen molar-refractivity contribution >= 4 is 5.91 Å². The highest BCUT2D eigenvalue weighted by molar-refractivity contribution is 5.94. The van der Waals surface area contributed by atoms with Gasteiger partial charge in [0.25, 0.3) is 5.91 Å². The van der Waals surface area contributed by atoms with E-state index < -0.39 is 5.60 Å². The second-order valence-electron chi connectivity index (χ2n) is 6.49. The third-order valence-electron chi connectivity index (χ3n) is 4.29. The van der Waals surface area contributed by atoms with Gasteiger partial charge in [0, 0.05) is 24.0 Å². The van der Waals surface area contributed by atoms with Crippen molar-refractivity contribution in [3.63, 3.8) is 0 Å². The number of benzene rings is 1. The lowest BCUT2D eigenvalue weighted by atomic mass is 10.1. The lowest BCUT2D eigenvalue weighted by Gasteiger charge is -2.23. The first-order valence-corrected chi connectivity index (χ1v) is 8.09. The summed E-state index contributed by atoms with van der Waals surface area (Å²) in [4.78, 5) is 18.3.